The van der Waals surface area contributed by atoms with Gasteiger partial charge in [-0.05, 0) is 48.7 Å². The van der Waals surface area contributed by atoms with Crippen molar-refractivity contribution >= 4 is 11.8 Å². The van der Waals surface area contributed by atoms with Gasteiger partial charge in [-0.3, -0.25) is 9.59 Å². The van der Waals surface area contributed by atoms with Crippen LogP contribution < -0.4 is 24.3 Å². The van der Waals surface area contributed by atoms with Crippen LogP contribution in [0.4, 0.5) is 0 Å². The van der Waals surface area contributed by atoms with Gasteiger partial charge in [0.1, 0.15) is 0 Å². The Balaban J connectivity index is 1.13. The van der Waals surface area contributed by atoms with E-state index in [1.165, 1.54) is 0 Å². The predicted molar refractivity (Wildman–Crippen MR) is 125 cm³/mol. The highest BCUT2D eigenvalue weighted by Crippen LogP contribution is 2.34. The van der Waals surface area contributed by atoms with Crippen molar-refractivity contribution in [3.8, 4) is 23.0 Å². The van der Waals surface area contributed by atoms with E-state index in [2.05, 4.69) is 10.5 Å². The molecule has 186 valence electrons. The van der Waals surface area contributed by atoms with Gasteiger partial charge in [-0.25, -0.2) is 0 Å². The third-order valence-corrected chi connectivity index (χ3v) is 6.65. The standard InChI is InChI=1S/C26H25N3O7/c30-25(27-12-16-5-7-21-23(9-16)34-14-32-21)20-11-19(36-28-20)13-29(18-3-1-2-4-18)26(31)17-6-8-22-24(10-17)35-15-33-22/h5-11,18H,1-4,12-15H2,(H,27,30). The van der Waals surface area contributed by atoms with Gasteiger partial charge >= 0.3 is 0 Å². The number of nitrogens with zero attached hydrogens (tertiary/aromatic N) is 2. The summed E-state index contributed by atoms with van der Waals surface area (Å²) in [5, 5.41) is 6.78. The summed E-state index contributed by atoms with van der Waals surface area (Å²) in [6.07, 6.45) is 3.99. The fourth-order valence-corrected chi connectivity index (χ4v) is 4.76. The molecule has 0 bridgehead atoms. The number of hydrogen-bond acceptors (Lipinski definition) is 8. The minimum absolute atomic E-state index is 0.0938. The van der Waals surface area contributed by atoms with Crippen LogP contribution >= 0.6 is 0 Å². The van der Waals surface area contributed by atoms with Crippen molar-refractivity contribution in [2.24, 2.45) is 0 Å². The van der Waals surface area contributed by atoms with Crippen LogP contribution in [0, 0.1) is 0 Å². The van der Waals surface area contributed by atoms with Gasteiger partial charge in [0, 0.05) is 24.2 Å². The molecule has 1 aliphatic carbocycles. The molecule has 0 saturated heterocycles. The lowest BCUT2D eigenvalue weighted by atomic mass is 10.1. The Kier molecular flexibility index (Phi) is 5.84. The Morgan fingerprint density at radius 2 is 1.58 bits per heavy atom. The number of nitrogens with one attached hydrogen (secondary N) is 1. The number of ether oxygens (including phenoxy) is 4. The van der Waals surface area contributed by atoms with Crippen molar-refractivity contribution in [1.82, 2.24) is 15.4 Å². The Morgan fingerprint density at radius 3 is 2.36 bits per heavy atom. The van der Waals surface area contributed by atoms with Crippen LogP contribution in [-0.2, 0) is 13.1 Å². The number of carbonyl (C=O) groups is 2. The van der Waals surface area contributed by atoms with Crippen LogP contribution in [-0.4, -0.2) is 41.5 Å². The van der Waals surface area contributed by atoms with Crippen LogP contribution in [0.3, 0.4) is 0 Å². The van der Waals surface area contributed by atoms with Gasteiger partial charge in [-0.15, -0.1) is 0 Å². The average Bonchev–Trinajstić information content (AvgIpc) is 3.71. The molecule has 10 nitrogen and oxygen atoms in total. The fourth-order valence-electron chi connectivity index (χ4n) is 4.76. The monoisotopic (exact) mass is 491 g/mol. The van der Waals surface area contributed by atoms with Crippen LogP contribution in [0.1, 0.15) is 57.9 Å². The molecule has 3 heterocycles. The number of carbonyl (C=O) groups excluding carboxylic acids is 2. The van der Waals surface area contributed by atoms with Gasteiger partial charge in [0.05, 0.1) is 6.54 Å². The first kappa shape index (κ1) is 22.3. The highest BCUT2D eigenvalue weighted by Gasteiger charge is 2.30. The summed E-state index contributed by atoms with van der Waals surface area (Å²) in [4.78, 5) is 28.0. The number of amides is 2. The zero-order chi connectivity index (χ0) is 24.5. The van der Waals surface area contributed by atoms with Crippen molar-refractivity contribution in [2.75, 3.05) is 13.6 Å². The van der Waals surface area contributed by atoms with Crippen molar-refractivity contribution in [3.63, 3.8) is 0 Å². The first-order chi connectivity index (χ1) is 17.6. The first-order valence-corrected chi connectivity index (χ1v) is 12.0. The van der Waals surface area contributed by atoms with E-state index in [1.807, 2.05) is 18.2 Å². The number of benzene rings is 2. The minimum Gasteiger partial charge on any atom is -0.454 e. The molecule has 1 N–H and O–H groups in total. The quantitative estimate of drug-likeness (QED) is 0.533. The summed E-state index contributed by atoms with van der Waals surface area (Å²) in [7, 11) is 0. The van der Waals surface area contributed by atoms with E-state index in [4.69, 9.17) is 23.5 Å². The number of hydrogen-bond donors (Lipinski definition) is 1. The van der Waals surface area contributed by atoms with Crippen molar-refractivity contribution < 1.29 is 33.1 Å². The van der Waals surface area contributed by atoms with Crippen molar-refractivity contribution in [1.29, 1.82) is 0 Å². The second kappa shape index (κ2) is 9.44. The Hall–Kier alpha value is -4.21. The van der Waals surface area contributed by atoms with Crippen LogP contribution in [0.25, 0.3) is 0 Å². The molecule has 3 aliphatic rings. The maximum atomic E-state index is 13.5. The van der Waals surface area contributed by atoms with E-state index in [9.17, 15) is 9.59 Å². The Labute approximate surface area is 207 Å². The molecule has 36 heavy (non-hydrogen) atoms. The fraction of sp³-hybridized carbons (Fsp3) is 0.346. The van der Waals surface area contributed by atoms with E-state index in [0.717, 1.165) is 31.2 Å². The van der Waals surface area contributed by atoms with Crippen LogP contribution in [0.5, 0.6) is 23.0 Å². The van der Waals surface area contributed by atoms with Gasteiger partial charge in [0.15, 0.2) is 34.5 Å². The molecule has 0 radical (unpaired) electrons. The van der Waals surface area contributed by atoms with Gasteiger partial charge in [0.2, 0.25) is 13.6 Å². The van der Waals surface area contributed by atoms with E-state index in [0.29, 0.717) is 40.9 Å². The zero-order valence-corrected chi connectivity index (χ0v) is 19.5. The van der Waals surface area contributed by atoms with Crippen molar-refractivity contribution in [3.05, 3.63) is 65.0 Å². The zero-order valence-electron chi connectivity index (χ0n) is 19.5. The highest BCUT2D eigenvalue weighted by atomic mass is 16.7. The maximum Gasteiger partial charge on any atom is 0.273 e. The summed E-state index contributed by atoms with van der Waals surface area (Å²) < 4.78 is 27.0. The molecule has 10 heteroatoms. The summed E-state index contributed by atoms with van der Waals surface area (Å²) >= 11 is 0. The molecular formula is C26H25N3O7. The van der Waals surface area contributed by atoms with Crippen molar-refractivity contribution in [2.45, 2.75) is 44.8 Å². The van der Waals surface area contributed by atoms with Crippen LogP contribution in [0.2, 0.25) is 0 Å². The first-order valence-electron chi connectivity index (χ1n) is 12.0. The molecule has 0 atom stereocenters. The third-order valence-electron chi connectivity index (χ3n) is 6.65. The van der Waals surface area contributed by atoms with E-state index in [1.54, 1.807) is 29.2 Å². The molecule has 0 unspecified atom stereocenters. The van der Waals surface area contributed by atoms with Gasteiger partial charge in [-0.2, -0.15) is 0 Å². The van der Waals surface area contributed by atoms with Gasteiger partial charge < -0.3 is 33.7 Å². The van der Waals surface area contributed by atoms with E-state index < -0.39 is 0 Å². The average molecular weight is 492 g/mol. The predicted octanol–water partition coefficient (Wildman–Crippen LogP) is 3.65. The molecule has 1 fully saturated rings. The van der Waals surface area contributed by atoms with E-state index in [-0.39, 0.29) is 43.7 Å². The number of fused-ring (bicyclic) bond motifs is 2. The lowest BCUT2D eigenvalue weighted by molar-refractivity contribution is 0.0643. The minimum atomic E-state index is -0.364. The second-order valence-corrected chi connectivity index (χ2v) is 8.99. The molecular weight excluding hydrogens is 466 g/mol. The molecule has 2 aromatic carbocycles. The summed E-state index contributed by atoms with van der Waals surface area (Å²) in [5.41, 5.74) is 1.55. The Bertz CT molecular complexity index is 1300. The van der Waals surface area contributed by atoms with Gasteiger partial charge in [0.25, 0.3) is 11.8 Å². The van der Waals surface area contributed by atoms with Gasteiger partial charge in [-0.1, -0.05) is 24.1 Å². The summed E-state index contributed by atoms with van der Waals surface area (Å²) in [6, 6.07) is 12.4. The lowest BCUT2D eigenvalue weighted by Crippen LogP contribution is -2.38. The molecule has 2 aliphatic heterocycles. The molecule has 6 rings (SSSR count). The summed E-state index contributed by atoms with van der Waals surface area (Å²) in [5.74, 6) is 2.50. The normalized spacial score (nSPS) is 15.8. The number of aromatic nitrogens is 1. The highest BCUT2D eigenvalue weighted by molar-refractivity contribution is 5.95. The van der Waals surface area contributed by atoms with Crippen LogP contribution in [0.15, 0.2) is 47.0 Å². The lowest BCUT2D eigenvalue weighted by Gasteiger charge is -2.28. The molecule has 1 saturated carbocycles. The summed E-state index contributed by atoms with van der Waals surface area (Å²) in [6.45, 7) is 0.869. The molecule has 1 aromatic heterocycles. The third kappa shape index (κ3) is 4.41. The molecule has 0 spiro atoms. The number of rotatable bonds is 7. The maximum absolute atomic E-state index is 13.5. The molecule has 2 amide bonds. The smallest absolute Gasteiger partial charge is 0.273 e. The van der Waals surface area contributed by atoms with E-state index >= 15 is 0 Å². The largest absolute Gasteiger partial charge is 0.454 e. The molecule has 3 aromatic rings. The SMILES string of the molecule is O=C(NCc1ccc2c(c1)OCO2)c1cc(CN(C(=O)c2ccc3c(c2)OCO3)C2CCCC2)on1. The Morgan fingerprint density at radius 1 is 0.889 bits per heavy atom. The topological polar surface area (TPSA) is 112 Å². The second-order valence-electron chi connectivity index (χ2n) is 8.99.